The average molecular weight is 268 g/mol. The maximum Gasteiger partial charge on any atom is 0.0987 e. The van der Waals surface area contributed by atoms with Crippen LogP contribution in [0.3, 0.4) is 0 Å². The van der Waals surface area contributed by atoms with Gasteiger partial charge in [0.05, 0.1) is 15.7 Å². The third-order valence-corrected chi connectivity index (χ3v) is 4.14. The highest BCUT2D eigenvalue weighted by atomic mass is 35.5. The number of hydrogen-bond donors (Lipinski definition) is 1. The highest BCUT2D eigenvalue weighted by Gasteiger charge is 2.10. The van der Waals surface area contributed by atoms with Crippen LogP contribution in [0.25, 0.3) is 0 Å². The fourth-order valence-corrected chi connectivity index (χ4v) is 2.98. The lowest BCUT2D eigenvalue weighted by Crippen LogP contribution is -1.99. The summed E-state index contributed by atoms with van der Waals surface area (Å²) in [4.78, 5) is 1.01. The zero-order chi connectivity index (χ0) is 12.4. The quantitative estimate of drug-likeness (QED) is 0.930. The largest absolute Gasteiger partial charge is 0.326 e. The summed E-state index contributed by atoms with van der Waals surface area (Å²) >= 11 is 7.81. The van der Waals surface area contributed by atoms with Crippen molar-refractivity contribution in [2.45, 2.75) is 23.4 Å². The Balaban J connectivity index is 2.39. The first-order valence-corrected chi connectivity index (χ1v) is 6.47. The summed E-state index contributed by atoms with van der Waals surface area (Å²) in [6.07, 6.45) is 0. The average Bonchev–Trinajstić information content (AvgIpc) is 2.60. The Bertz CT molecular complexity index is 537. The molecule has 0 bridgehead atoms. The second-order valence-corrected chi connectivity index (χ2v) is 5.22. The Hall–Kier alpha value is -0.970. The van der Waals surface area contributed by atoms with Gasteiger partial charge in [0.15, 0.2) is 0 Å². The summed E-state index contributed by atoms with van der Waals surface area (Å²) in [5.74, 6) is 0. The molecule has 1 aromatic heterocycles. The van der Waals surface area contributed by atoms with Crippen LogP contribution in [-0.2, 0) is 13.6 Å². The molecule has 1 aromatic carbocycles. The summed E-state index contributed by atoms with van der Waals surface area (Å²) in [6.45, 7) is 2.46. The molecule has 0 atom stereocenters. The first-order chi connectivity index (χ1) is 8.11. The second kappa shape index (κ2) is 5.12. The zero-order valence-electron chi connectivity index (χ0n) is 9.77. The Kier molecular flexibility index (Phi) is 3.76. The van der Waals surface area contributed by atoms with E-state index in [1.165, 1.54) is 0 Å². The Labute approximate surface area is 110 Å². The molecule has 0 saturated heterocycles. The van der Waals surface area contributed by atoms with Crippen molar-refractivity contribution in [2.24, 2.45) is 12.8 Å². The summed E-state index contributed by atoms with van der Waals surface area (Å²) in [6, 6.07) is 7.83. The van der Waals surface area contributed by atoms with E-state index in [9.17, 15) is 0 Å². The van der Waals surface area contributed by atoms with Crippen molar-refractivity contribution in [3.63, 3.8) is 0 Å². The van der Waals surface area contributed by atoms with E-state index in [0.717, 1.165) is 26.2 Å². The van der Waals surface area contributed by atoms with Crippen LogP contribution in [0.1, 0.15) is 11.3 Å². The molecule has 0 saturated carbocycles. The fourth-order valence-electron chi connectivity index (χ4n) is 1.62. The smallest absolute Gasteiger partial charge is 0.0987 e. The summed E-state index contributed by atoms with van der Waals surface area (Å²) < 4.78 is 1.85. The number of nitrogens with zero attached hydrogens (tertiary/aromatic N) is 2. The van der Waals surface area contributed by atoms with Gasteiger partial charge >= 0.3 is 0 Å². The highest BCUT2D eigenvalue weighted by molar-refractivity contribution is 7.99. The van der Waals surface area contributed by atoms with Crippen LogP contribution < -0.4 is 5.73 Å². The number of aromatic nitrogens is 2. The minimum atomic E-state index is 0.486. The molecule has 2 N–H and O–H groups in total. The molecule has 0 unspecified atom stereocenters. The molecule has 1 heterocycles. The Morgan fingerprint density at radius 3 is 2.82 bits per heavy atom. The van der Waals surface area contributed by atoms with Crippen molar-refractivity contribution >= 4 is 23.4 Å². The monoisotopic (exact) mass is 267 g/mol. The van der Waals surface area contributed by atoms with Crippen LogP contribution in [0.4, 0.5) is 0 Å². The molecule has 0 spiro atoms. The number of halogens is 1. The minimum Gasteiger partial charge on any atom is -0.326 e. The van der Waals surface area contributed by atoms with Crippen LogP contribution in [0.5, 0.6) is 0 Å². The second-order valence-electron chi connectivity index (χ2n) is 3.78. The SMILES string of the molecule is Cc1cc(Sc2c(Cl)cccc2CN)n(C)n1. The minimum absolute atomic E-state index is 0.486. The molecule has 90 valence electrons. The van der Waals surface area contributed by atoms with E-state index in [1.807, 2.05) is 42.9 Å². The molecule has 17 heavy (non-hydrogen) atoms. The first kappa shape index (κ1) is 12.5. The predicted octanol–water partition coefficient (Wildman–Crippen LogP) is 2.99. The van der Waals surface area contributed by atoms with E-state index in [0.29, 0.717) is 6.54 Å². The number of hydrogen-bond acceptors (Lipinski definition) is 3. The van der Waals surface area contributed by atoms with E-state index in [1.54, 1.807) is 11.8 Å². The Morgan fingerprint density at radius 1 is 1.47 bits per heavy atom. The van der Waals surface area contributed by atoms with Crippen LogP contribution >= 0.6 is 23.4 Å². The van der Waals surface area contributed by atoms with E-state index < -0.39 is 0 Å². The first-order valence-electron chi connectivity index (χ1n) is 5.27. The van der Waals surface area contributed by atoms with Crippen molar-refractivity contribution in [2.75, 3.05) is 0 Å². The van der Waals surface area contributed by atoms with Crippen LogP contribution in [0.2, 0.25) is 5.02 Å². The molecule has 0 aliphatic rings. The third-order valence-electron chi connectivity index (χ3n) is 2.43. The van der Waals surface area contributed by atoms with Crippen molar-refractivity contribution < 1.29 is 0 Å². The molecule has 2 aromatic rings. The number of benzene rings is 1. The summed E-state index contributed by atoms with van der Waals surface area (Å²) in [5, 5.41) is 6.11. The van der Waals surface area contributed by atoms with Crippen molar-refractivity contribution in [3.8, 4) is 0 Å². The lowest BCUT2D eigenvalue weighted by atomic mass is 10.2. The van der Waals surface area contributed by atoms with Crippen molar-refractivity contribution in [1.29, 1.82) is 0 Å². The van der Waals surface area contributed by atoms with Gasteiger partial charge in [-0.2, -0.15) is 5.10 Å². The number of nitrogens with two attached hydrogens (primary N) is 1. The van der Waals surface area contributed by atoms with Crippen molar-refractivity contribution in [3.05, 3.63) is 40.5 Å². The van der Waals surface area contributed by atoms with Gasteiger partial charge in [-0.25, -0.2) is 0 Å². The van der Waals surface area contributed by atoms with Crippen LogP contribution in [0.15, 0.2) is 34.2 Å². The lowest BCUT2D eigenvalue weighted by Gasteiger charge is -2.09. The normalized spacial score (nSPS) is 10.8. The molecule has 0 fully saturated rings. The van der Waals surface area contributed by atoms with Gasteiger partial charge in [0.1, 0.15) is 0 Å². The fraction of sp³-hybridized carbons (Fsp3) is 0.250. The standard InChI is InChI=1S/C12H14ClN3S/c1-8-6-11(16(2)15-8)17-12-9(7-14)4-3-5-10(12)13/h3-6H,7,14H2,1-2H3. The van der Waals surface area contributed by atoms with Gasteiger partial charge < -0.3 is 5.73 Å². The van der Waals surface area contributed by atoms with E-state index in [-0.39, 0.29) is 0 Å². The molecular formula is C12H14ClN3S. The highest BCUT2D eigenvalue weighted by Crippen LogP contribution is 2.35. The molecule has 0 amide bonds. The molecule has 3 nitrogen and oxygen atoms in total. The van der Waals surface area contributed by atoms with Gasteiger partial charge in [0.25, 0.3) is 0 Å². The van der Waals surface area contributed by atoms with E-state index >= 15 is 0 Å². The van der Waals surface area contributed by atoms with E-state index in [2.05, 4.69) is 5.10 Å². The van der Waals surface area contributed by atoms with E-state index in [4.69, 9.17) is 17.3 Å². The molecule has 0 radical (unpaired) electrons. The summed E-state index contributed by atoms with van der Waals surface area (Å²) in [7, 11) is 1.92. The topological polar surface area (TPSA) is 43.8 Å². The number of rotatable bonds is 3. The molecule has 5 heteroatoms. The molecule has 0 aliphatic heterocycles. The lowest BCUT2D eigenvalue weighted by molar-refractivity contribution is 0.692. The molecule has 0 aliphatic carbocycles. The van der Waals surface area contributed by atoms with Gasteiger partial charge in [0.2, 0.25) is 0 Å². The van der Waals surface area contributed by atoms with Gasteiger partial charge in [-0.1, -0.05) is 35.5 Å². The number of aryl methyl sites for hydroxylation is 2. The van der Waals surface area contributed by atoms with Crippen LogP contribution in [0, 0.1) is 6.92 Å². The van der Waals surface area contributed by atoms with Crippen LogP contribution in [-0.4, -0.2) is 9.78 Å². The predicted molar refractivity (Wildman–Crippen MR) is 71.4 cm³/mol. The maximum atomic E-state index is 6.21. The Morgan fingerprint density at radius 2 is 2.24 bits per heavy atom. The third kappa shape index (κ3) is 2.65. The van der Waals surface area contributed by atoms with Gasteiger partial charge in [0, 0.05) is 18.5 Å². The molecule has 2 rings (SSSR count). The van der Waals surface area contributed by atoms with Gasteiger partial charge in [-0.15, -0.1) is 0 Å². The molecular weight excluding hydrogens is 254 g/mol. The van der Waals surface area contributed by atoms with Gasteiger partial charge in [-0.3, -0.25) is 4.68 Å². The van der Waals surface area contributed by atoms with Gasteiger partial charge in [-0.05, 0) is 24.6 Å². The zero-order valence-corrected chi connectivity index (χ0v) is 11.3. The van der Waals surface area contributed by atoms with Crippen molar-refractivity contribution in [1.82, 2.24) is 9.78 Å². The summed E-state index contributed by atoms with van der Waals surface area (Å²) in [5.41, 5.74) is 7.78. The maximum absolute atomic E-state index is 6.21.